The van der Waals surface area contributed by atoms with E-state index >= 15 is 0 Å². The van der Waals surface area contributed by atoms with Crippen LogP contribution >= 0.6 is 24.0 Å². The van der Waals surface area contributed by atoms with Crippen LogP contribution in [0.5, 0.6) is 0 Å². The molecule has 0 aromatic heterocycles. The average Bonchev–Trinajstić information content (AvgIpc) is 3.09. The van der Waals surface area contributed by atoms with E-state index < -0.39 is 0 Å². The highest BCUT2D eigenvalue weighted by molar-refractivity contribution is 14.0. The molecular weight excluding hydrogens is 444 g/mol. The van der Waals surface area contributed by atoms with Crippen LogP contribution in [-0.2, 0) is 11.2 Å². The fraction of sp³-hybridized carbons (Fsp3) is 0.650. The Morgan fingerprint density at radius 1 is 1.23 bits per heavy atom. The molecule has 0 saturated heterocycles. The maximum absolute atomic E-state index is 13.7. The van der Waals surface area contributed by atoms with Crippen molar-refractivity contribution in [2.24, 2.45) is 10.4 Å². The van der Waals surface area contributed by atoms with Crippen LogP contribution in [-0.4, -0.2) is 39.3 Å². The maximum Gasteiger partial charge on any atom is 0.191 e. The molecule has 1 saturated carbocycles. The molecule has 2 rings (SSSR count). The summed E-state index contributed by atoms with van der Waals surface area (Å²) in [6, 6.07) is 6.93. The van der Waals surface area contributed by atoms with Gasteiger partial charge >= 0.3 is 0 Å². The SMILES string of the molecule is CCNC(=NCC1(CCOC)CCCC1)NCCc1ccccc1F.I. The number of benzene rings is 1. The number of guanidine groups is 1. The van der Waals surface area contributed by atoms with E-state index in [2.05, 4.69) is 17.6 Å². The molecule has 1 aliphatic carbocycles. The van der Waals surface area contributed by atoms with E-state index in [1.54, 1.807) is 13.2 Å². The number of rotatable bonds is 9. The molecular formula is C20H33FIN3O. The molecule has 1 fully saturated rings. The number of nitrogens with one attached hydrogen (secondary N) is 2. The van der Waals surface area contributed by atoms with Gasteiger partial charge in [0.25, 0.3) is 0 Å². The lowest BCUT2D eigenvalue weighted by atomic mass is 9.83. The summed E-state index contributed by atoms with van der Waals surface area (Å²) in [5, 5.41) is 6.63. The van der Waals surface area contributed by atoms with E-state index in [1.807, 2.05) is 12.1 Å². The Hall–Kier alpha value is -0.890. The van der Waals surface area contributed by atoms with Gasteiger partial charge in [-0.25, -0.2) is 4.39 Å². The van der Waals surface area contributed by atoms with E-state index in [4.69, 9.17) is 9.73 Å². The highest BCUT2D eigenvalue weighted by Crippen LogP contribution is 2.41. The van der Waals surface area contributed by atoms with Crippen LogP contribution in [0.4, 0.5) is 4.39 Å². The van der Waals surface area contributed by atoms with Crippen molar-refractivity contribution in [2.75, 3.05) is 33.4 Å². The average molecular weight is 477 g/mol. The van der Waals surface area contributed by atoms with Gasteiger partial charge in [0.2, 0.25) is 0 Å². The van der Waals surface area contributed by atoms with E-state index in [0.717, 1.165) is 37.6 Å². The number of methoxy groups -OCH3 is 1. The second kappa shape index (κ2) is 12.5. The first-order valence-corrected chi connectivity index (χ1v) is 9.44. The van der Waals surface area contributed by atoms with E-state index in [9.17, 15) is 4.39 Å². The topological polar surface area (TPSA) is 45.7 Å². The summed E-state index contributed by atoms with van der Waals surface area (Å²) < 4.78 is 19.0. The van der Waals surface area contributed by atoms with Crippen molar-refractivity contribution < 1.29 is 9.13 Å². The van der Waals surface area contributed by atoms with Crippen LogP contribution in [0.1, 0.15) is 44.6 Å². The fourth-order valence-corrected chi connectivity index (χ4v) is 3.54. The zero-order valence-electron chi connectivity index (χ0n) is 16.0. The molecule has 4 nitrogen and oxygen atoms in total. The van der Waals surface area contributed by atoms with E-state index in [0.29, 0.717) is 13.0 Å². The molecule has 148 valence electrons. The highest BCUT2D eigenvalue weighted by atomic mass is 127. The van der Waals surface area contributed by atoms with Crippen LogP contribution in [0.25, 0.3) is 0 Å². The van der Waals surface area contributed by atoms with Crippen molar-refractivity contribution in [1.82, 2.24) is 10.6 Å². The van der Waals surface area contributed by atoms with Gasteiger partial charge in [0, 0.05) is 33.4 Å². The molecule has 1 aliphatic rings. The predicted octanol–water partition coefficient (Wildman–Crippen LogP) is 4.14. The van der Waals surface area contributed by atoms with Gasteiger partial charge in [-0.05, 0) is 49.7 Å². The quantitative estimate of drug-likeness (QED) is 0.319. The van der Waals surface area contributed by atoms with Gasteiger partial charge in [-0.1, -0.05) is 31.0 Å². The third-order valence-corrected chi connectivity index (χ3v) is 5.06. The molecule has 0 atom stereocenters. The maximum atomic E-state index is 13.7. The minimum Gasteiger partial charge on any atom is -0.385 e. The number of halogens is 2. The number of hydrogen-bond acceptors (Lipinski definition) is 2. The number of hydrogen-bond donors (Lipinski definition) is 2. The van der Waals surface area contributed by atoms with E-state index in [1.165, 1.54) is 31.7 Å². The van der Waals surface area contributed by atoms with Crippen LogP contribution in [0.3, 0.4) is 0 Å². The van der Waals surface area contributed by atoms with Crippen LogP contribution in [0, 0.1) is 11.2 Å². The minimum atomic E-state index is -0.143. The Bertz CT molecular complexity index is 548. The number of ether oxygens (including phenoxy) is 1. The van der Waals surface area contributed by atoms with Crippen LogP contribution in [0.2, 0.25) is 0 Å². The fourth-order valence-electron chi connectivity index (χ4n) is 3.54. The van der Waals surface area contributed by atoms with Gasteiger partial charge < -0.3 is 15.4 Å². The third kappa shape index (κ3) is 7.39. The Morgan fingerprint density at radius 2 is 1.96 bits per heavy atom. The van der Waals surface area contributed by atoms with Crippen molar-refractivity contribution in [3.63, 3.8) is 0 Å². The van der Waals surface area contributed by atoms with E-state index in [-0.39, 0.29) is 35.2 Å². The predicted molar refractivity (Wildman–Crippen MR) is 117 cm³/mol. The molecule has 0 bridgehead atoms. The summed E-state index contributed by atoms with van der Waals surface area (Å²) in [5.41, 5.74) is 1.02. The lowest BCUT2D eigenvalue weighted by molar-refractivity contribution is 0.141. The van der Waals surface area contributed by atoms with Gasteiger partial charge in [-0.2, -0.15) is 0 Å². The van der Waals surface area contributed by atoms with Crippen molar-refractivity contribution in [3.8, 4) is 0 Å². The third-order valence-electron chi connectivity index (χ3n) is 5.06. The Balaban J connectivity index is 0.00000338. The summed E-state index contributed by atoms with van der Waals surface area (Å²) >= 11 is 0. The molecule has 0 radical (unpaired) electrons. The first-order chi connectivity index (χ1) is 12.2. The first-order valence-electron chi connectivity index (χ1n) is 9.44. The Morgan fingerprint density at radius 3 is 2.62 bits per heavy atom. The normalized spacial score (nSPS) is 16.2. The number of aliphatic imine (C=N–C) groups is 1. The smallest absolute Gasteiger partial charge is 0.191 e. The van der Waals surface area contributed by atoms with Crippen molar-refractivity contribution >= 4 is 29.9 Å². The van der Waals surface area contributed by atoms with Gasteiger partial charge in [0.15, 0.2) is 5.96 Å². The summed E-state index contributed by atoms with van der Waals surface area (Å²) in [6.07, 6.45) is 6.75. The zero-order chi connectivity index (χ0) is 18.0. The van der Waals surface area contributed by atoms with Crippen molar-refractivity contribution in [3.05, 3.63) is 35.6 Å². The Kier molecular flexibility index (Phi) is 11.1. The second-order valence-corrected chi connectivity index (χ2v) is 6.91. The second-order valence-electron chi connectivity index (χ2n) is 6.91. The summed E-state index contributed by atoms with van der Waals surface area (Å²) in [7, 11) is 1.76. The molecule has 2 N–H and O–H groups in total. The van der Waals surface area contributed by atoms with Crippen LogP contribution < -0.4 is 10.6 Å². The molecule has 1 aromatic carbocycles. The standard InChI is InChI=1S/C20H32FN3O.HI/c1-3-22-19(23-14-10-17-8-4-5-9-18(17)21)24-16-20(13-15-25-2)11-6-7-12-20;/h4-5,8-9H,3,6-7,10-16H2,1-2H3,(H2,22,23,24);1H. The Labute approximate surface area is 174 Å². The van der Waals surface area contributed by atoms with Gasteiger partial charge in [0.05, 0.1) is 0 Å². The molecule has 0 unspecified atom stereocenters. The van der Waals surface area contributed by atoms with Gasteiger partial charge in [-0.3, -0.25) is 4.99 Å². The zero-order valence-corrected chi connectivity index (χ0v) is 18.4. The largest absolute Gasteiger partial charge is 0.385 e. The van der Waals surface area contributed by atoms with Gasteiger partial charge in [-0.15, -0.1) is 24.0 Å². The lowest BCUT2D eigenvalue weighted by Gasteiger charge is -2.27. The highest BCUT2D eigenvalue weighted by Gasteiger charge is 2.33. The van der Waals surface area contributed by atoms with Crippen LogP contribution in [0.15, 0.2) is 29.3 Å². The molecule has 0 heterocycles. The van der Waals surface area contributed by atoms with Crippen molar-refractivity contribution in [2.45, 2.75) is 45.4 Å². The molecule has 1 aromatic rings. The summed E-state index contributed by atoms with van der Waals surface area (Å²) in [4.78, 5) is 4.82. The first kappa shape index (κ1) is 23.1. The minimum absolute atomic E-state index is 0. The summed E-state index contributed by atoms with van der Waals surface area (Å²) in [5.74, 6) is 0.679. The lowest BCUT2D eigenvalue weighted by Crippen LogP contribution is -2.39. The molecule has 0 spiro atoms. The van der Waals surface area contributed by atoms with Crippen molar-refractivity contribution in [1.29, 1.82) is 0 Å². The number of nitrogens with zero attached hydrogens (tertiary/aromatic N) is 1. The summed E-state index contributed by atoms with van der Waals surface area (Å²) in [6.45, 7) is 5.16. The van der Waals surface area contributed by atoms with Gasteiger partial charge in [0.1, 0.15) is 5.82 Å². The molecule has 0 aliphatic heterocycles. The molecule has 0 amide bonds. The molecule has 6 heteroatoms. The molecule has 26 heavy (non-hydrogen) atoms. The monoisotopic (exact) mass is 477 g/mol.